The van der Waals surface area contributed by atoms with E-state index < -0.39 is 11.8 Å². The van der Waals surface area contributed by atoms with Crippen LogP contribution in [0.2, 0.25) is 0 Å². The van der Waals surface area contributed by atoms with Gasteiger partial charge in [-0.15, -0.1) is 0 Å². The molecule has 1 saturated heterocycles. The molecule has 1 aromatic rings. The fourth-order valence-corrected chi connectivity index (χ4v) is 2.35. The van der Waals surface area contributed by atoms with Crippen LogP contribution in [0, 0.1) is 5.92 Å². The molecule has 0 saturated carbocycles. The highest BCUT2D eigenvalue weighted by Crippen LogP contribution is 2.30. The third-order valence-electron chi connectivity index (χ3n) is 3.21. The van der Waals surface area contributed by atoms with Gasteiger partial charge in [0, 0.05) is 24.3 Å². The van der Waals surface area contributed by atoms with Crippen molar-refractivity contribution >= 4 is 17.3 Å². The first-order valence-electron chi connectivity index (χ1n) is 6.79. The highest BCUT2D eigenvalue weighted by Gasteiger charge is 2.37. The van der Waals surface area contributed by atoms with Crippen LogP contribution in [0.3, 0.4) is 0 Å². The van der Waals surface area contributed by atoms with Crippen LogP contribution >= 0.6 is 0 Å². The Morgan fingerprint density at radius 2 is 2.15 bits per heavy atom. The normalized spacial score (nSPS) is 22.9. The fourth-order valence-electron chi connectivity index (χ4n) is 2.35. The molecule has 0 spiro atoms. The standard InChI is InChI=1S/C15H22N2O3/c1-15(2,3)20-14(19)10-7-13(18)17(9-10)12-6-4-5-11(16)8-12/h4-6,8,10,13,18H,7,9,16H2,1-3H3. The maximum absolute atomic E-state index is 12.1. The third kappa shape index (κ3) is 3.42. The molecule has 2 atom stereocenters. The molecule has 1 heterocycles. The number of carbonyl (C=O) groups excluding carboxylic acids is 1. The van der Waals surface area contributed by atoms with Gasteiger partial charge in [0.2, 0.25) is 0 Å². The van der Waals surface area contributed by atoms with E-state index >= 15 is 0 Å². The third-order valence-corrected chi connectivity index (χ3v) is 3.21. The number of hydrogen-bond acceptors (Lipinski definition) is 5. The Bertz CT molecular complexity index is 496. The maximum Gasteiger partial charge on any atom is 0.311 e. The summed E-state index contributed by atoms with van der Waals surface area (Å²) in [5.41, 5.74) is 6.70. The van der Waals surface area contributed by atoms with Crippen molar-refractivity contribution in [2.45, 2.75) is 39.0 Å². The van der Waals surface area contributed by atoms with Crippen molar-refractivity contribution in [3.8, 4) is 0 Å². The minimum absolute atomic E-state index is 0.261. The number of rotatable bonds is 2. The van der Waals surface area contributed by atoms with E-state index in [1.807, 2.05) is 32.9 Å². The number of ether oxygens (including phenoxy) is 1. The summed E-state index contributed by atoms with van der Waals surface area (Å²) in [6.45, 7) is 5.96. The SMILES string of the molecule is CC(C)(C)OC(=O)C1CC(O)N(c2cccc(N)c2)C1. The number of aliphatic hydroxyl groups is 1. The van der Waals surface area contributed by atoms with Crippen molar-refractivity contribution in [3.63, 3.8) is 0 Å². The quantitative estimate of drug-likeness (QED) is 0.637. The Hall–Kier alpha value is -1.75. The predicted octanol–water partition coefficient (Wildman–Crippen LogP) is 1.76. The highest BCUT2D eigenvalue weighted by molar-refractivity contribution is 5.75. The molecule has 2 unspecified atom stereocenters. The van der Waals surface area contributed by atoms with Crippen LogP contribution < -0.4 is 10.6 Å². The van der Waals surface area contributed by atoms with Crippen LogP contribution in [0.1, 0.15) is 27.2 Å². The summed E-state index contributed by atoms with van der Waals surface area (Å²) in [6.07, 6.45) is -0.307. The summed E-state index contributed by atoms with van der Waals surface area (Å²) in [7, 11) is 0. The molecule has 1 aromatic carbocycles. The van der Waals surface area contributed by atoms with Crippen molar-refractivity contribution in [1.29, 1.82) is 0 Å². The zero-order valence-electron chi connectivity index (χ0n) is 12.2. The maximum atomic E-state index is 12.1. The zero-order valence-corrected chi connectivity index (χ0v) is 12.2. The molecule has 0 aliphatic carbocycles. The summed E-state index contributed by atoms with van der Waals surface area (Å²) >= 11 is 0. The van der Waals surface area contributed by atoms with Gasteiger partial charge in [-0.3, -0.25) is 4.79 Å². The van der Waals surface area contributed by atoms with Crippen LogP contribution in [0.15, 0.2) is 24.3 Å². The van der Waals surface area contributed by atoms with Crippen molar-refractivity contribution < 1.29 is 14.6 Å². The largest absolute Gasteiger partial charge is 0.460 e. The van der Waals surface area contributed by atoms with E-state index in [1.165, 1.54) is 0 Å². The molecule has 1 aliphatic rings. The molecule has 110 valence electrons. The number of nitrogens with two attached hydrogens (primary N) is 1. The second-order valence-electron chi connectivity index (χ2n) is 6.19. The molecular weight excluding hydrogens is 256 g/mol. The van der Waals surface area contributed by atoms with Crippen molar-refractivity contribution in [3.05, 3.63) is 24.3 Å². The van der Waals surface area contributed by atoms with Gasteiger partial charge in [-0.1, -0.05) is 6.07 Å². The molecule has 20 heavy (non-hydrogen) atoms. The number of hydrogen-bond donors (Lipinski definition) is 2. The average Bonchev–Trinajstić information content (AvgIpc) is 2.69. The van der Waals surface area contributed by atoms with Gasteiger partial charge in [0.1, 0.15) is 11.8 Å². The fraction of sp³-hybridized carbons (Fsp3) is 0.533. The first-order chi connectivity index (χ1) is 9.26. The Balaban J connectivity index is 2.07. The summed E-state index contributed by atoms with van der Waals surface area (Å²) in [5.74, 6) is -0.575. The Morgan fingerprint density at radius 1 is 1.45 bits per heavy atom. The van der Waals surface area contributed by atoms with E-state index in [4.69, 9.17) is 10.5 Å². The van der Waals surface area contributed by atoms with Crippen LogP contribution in [0.5, 0.6) is 0 Å². The number of benzene rings is 1. The Kier molecular flexibility index (Phi) is 3.90. The molecule has 3 N–H and O–H groups in total. The lowest BCUT2D eigenvalue weighted by Crippen LogP contribution is -2.31. The molecule has 5 nitrogen and oxygen atoms in total. The predicted molar refractivity (Wildman–Crippen MR) is 78.2 cm³/mol. The lowest BCUT2D eigenvalue weighted by atomic mass is 10.1. The Labute approximate surface area is 119 Å². The number of nitrogens with zero attached hydrogens (tertiary/aromatic N) is 1. The molecule has 2 rings (SSSR count). The van der Waals surface area contributed by atoms with Crippen LogP contribution in [-0.2, 0) is 9.53 Å². The lowest BCUT2D eigenvalue weighted by Gasteiger charge is -2.23. The second-order valence-corrected chi connectivity index (χ2v) is 6.19. The highest BCUT2D eigenvalue weighted by atomic mass is 16.6. The second kappa shape index (κ2) is 5.32. The van der Waals surface area contributed by atoms with Gasteiger partial charge in [-0.05, 0) is 39.0 Å². The minimum atomic E-state index is -0.686. The van der Waals surface area contributed by atoms with E-state index in [-0.39, 0.29) is 11.9 Å². The molecule has 5 heteroatoms. The van der Waals surface area contributed by atoms with Crippen molar-refractivity contribution in [2.75, 3.05) is 17.2 Å². The van der Waals surface area contributed by atoms with Gasteiger partial charge in [0.25, 0.3) is 0 Å². The van der Waals surface area contributed by atoms with Crippen molar-refractivity contribution in [2.24, 2.45) is 5.92 Å². The lowest BCUT2D eigenvalue weighted by molar-refractivity contribution is -0.159. The number of anilines is 2. The summed E-state index contributed by atoms with van der Waals surface area (Å²) in [6, 6.07) is 7.28. The molecule has 0 bridgehead atoms. The molecule has 1 fully saturated rings. The van der Waals surface area contributed by atoms with E-state index in [9.17, 15) is 9.90 Å². The van der Waals surface area contributed by atoms with Crippen LogP contribution in [0.25, 0.3) is 0 Å². The van der Waals surface area contributed by atoms with E-state index in [0.29, 0.717) is 18.7 Å². The number of carbonyl (C=O) groups is 1. The average molecular weight is 278 g/mol. The summed E-state index contributed by atoms with van der Waals surface area (Å²) in [5, 5.41) is 10.1. The minimum Gasteiger partial charge on any atom is -0.460 e. The number of esters is 1. The smallest absolute Gasteiger partial charge is 0.311 e. The topological polar surface area (TPSA) is 75.8 Å². The van der Waals surface area contributed by atoms with Gasteiger partial charge in [0.15, 0.2) is 0 Å². The monoisotopic (exact) mass is 278 g/mol. The molecule has 0 aromatic heterocycles. The van der Waals surface area contributed by atoms with Crippen LogP contribution in [-0.4, -0.2) is 29.4 Å². The summed E-state index contributed by atoms with van der Waals surface area (Å²) in [4.78, 5) is 13.8. The molecule has 0 amide bonds. The molecule has 1 aliphatic heterocycles. The summed E-state index contributed by atoms with van der Waals surface area (Å²) < 4.78 is 5.38. The number of aliphatic hydroxyl groups excluding tert-OH is 1. The molecular formula is C15H22N2O3. The van der Waals surface area contributed by atoms with Crippen molar-refractivity contribution in [1.82, 2.24) is 0 Å². The van der Waals surface area contributed by atoms with E-state index in [1.54, 1.807) is 17.0 Å². The van der Waals surface area contributed by atoms with E-state index in [0.717, 1.165) is 5.69 Å². The number of nitrogen functional groups attached to an aromatic ring is 1. The molecule has 0 radical (unpaired) electrons. The van der Waals surface area contributed by atoms with Gasteiger partial charge < -0.3 is 20.5 Å². The zero-order chi connectivity index (χ0) is 14.9. The first-order valence-corrected chi connectivity index (χ1v) is 6.79. The van der Waals surface area contributed by atoms with Gasteiger partial charge >= 0.3 is 5.97 Å². The first kappa shape index (κ1) is 14.7. The van der Waals surface area contributed by atoms with Gasteiger partial charge in [-0.25, -0.2) is 0 Å². The van der Waals surface area contributed by atoms with E-state index in [2.05, 4.69) is 0 Å². The Morgan fingerprint density at radius 3 is 2.75 bits per heavy atom. The van der Waals surface area contributed by atoms with Gasteiger partial charge in [0.05, 0.1) is 5.92 Å². The van der Waals surface area contributed by atoms with Gasteiger partial charge in [-0.2, -0.15) is 0 Å². The van der Waals surface area contributed by atoms with Crippen LogP contribution in [0.4, 0.5) is 11.4 Å².